The molecule has 0 aliphatic carbocycles. The van der Waals surface area contributed by atoms with Gasteiger partial charge in [-0.2, -0.15) is 5.10 Å². The average molecular weight is 351 g/mol. The minimum absolute atomic E-state index is 0.150. The van der Waals surface area contributed by atoms with Crippen LogP contribution >= 0.6 is 11.6 Å². The molecule has 3 rings (SSSR count). The van der Waals surface area contributed by atoms with Gasteiger partial charge in [-0.1, -0.05) is 23.7 Å². The normalized spacial score (nSPS) is 16.2. The summed E-state index contributed by atoms with van der Waals surface area (Å²) in [5.41, 5.74) is 0.150. The zero-order chi connectivity index (χ0) is 16.9. The highest BCUT2D eigenvalue weighted by Crippen LogP contribution is 2.13. The minimum Gasteiger partial charge on any atom is -0.337 e. The van der Waals surface area contributed by atoms with E-state index in [4.69, 9.17) is 11.6 Å². The van der Waals surface area contributed by atoms with Gasteiger partial charge in [0.25, 0.3) is 5.91 Å². The number of halogens is 2. The third-order valence-electron chi connectivity index (χ3n) is 4.23. The van der Waals surface area contributed by atoms with Gasteiger partial charge in [-0.05, 0) is 25.1 Å². The second kappa shape index (κ2) is 7.77. The molecule has 1 amide bonds. The second-order valence-electron chi connectivity index (χ2n) is 5.89. The third kappa shape index (κ3) is 4.13. The van der Waals surface area contributed by atoms with Crippen molar-refractivity contribution in [1.82, 2.24) is 19.6 Å². The predicted molar refractivity (Wildman–Crippen MR) is 90.6 cm³/mol. The van der Waals surface area contributed by atoms with E-state index in [9.17, 15) is 9.18 Å². The van der Waals surface area contributed by atoms with E-state index in [-0.39, 0.29) is 11.5 Å². The SMILES string of the molecule is O=C(c1ccccc1F)N1CCCN(CCn2cc(Cl)cn2)CC1. The van der Waals surface area contributed by atoms with Gasteiger partial charge < -0.3 is 4.90 Å². The summed E-state index contributed by atoms with van der Waals surface area (Å²) >= 11 is 5.86. The van der Waals surface area contributed by atoms with Crippen molar-refractivity contribution in [3.63, 3.8) is 0 Å². The smallest absolute Gasteiger partial charge is 0.256 e. The van der Waals surface area contributed by atoms with Gasteiger partial charge in [0, 0.05) is 32.4 Å². The van der Waals surface area contributed by atoms with E-state index < -0.39 is 5.82 Å². The van der Waals surface area contributed by atoms with Crippen LogP contribution in [0.25, 0.3) is 0 Å². The Hall–Kier alpha value is -1.92. The van der Waals surface area contributed by atoms with Crippen molar-refractivity contribution in [3.05, 3.63) is 53.1 Å². The zero-order valence-corrected chi connectivity index (χ0v) is 14.1. The van der Waals surface area contributed by atoms with Gasteiger partial charge >= 0.3 is 0 Å². The highest BCUT2D eigenvalue weighted by Gasteiger charge is 2.22. The topological polar surface area (TPSA) is 41.4 Å². The van der Waals surface area contributed by atoms with Crippen LogP contribution in [-0.2, 0) is 6.54 Å². The Balaban J connectivity index is 1.55. The van der Waals surface area contributed by atoms with Gasteiger partial charge in [0.2, 0.25) is 0 Å². The van der Waals surface area contributed by atoms with Crippen molar-refractivity contribution in [2.24, 2.45) is 0 Å². The van der Waals surface area contributed by atoms with Crippen molar-refractivity contribution >= 4 is 17.5 Å². The molecule has 128 valence electrons. The maximum atomic E-state index is 13.8. The number of aromatic nitrogens is 2. The lowest BCUT2D eigenvalue weighted by Crippen LogP contribution is -2.36. The molecule has 0 spiro atoms. The Morgan fingerprint density at radius 3 is 2.75 bits per heavy atom. The van der Waals surface area contributed by atoms with Gasteiger partial charge in [0.15, 0.2) is 0 Å². The summed E-state index contributed by atoms with van der Waals surface area (Å²) in [6, 6.07) is 6.15. The molecule has 1 aromatic carbocycles. The predicted octanol–water partition coefficient (Wildman–Crippen LogP) is 2.52. The maximum absolute atomic E-state index is 13.8. The van der Waals surface area contributed by atoms with Crippen molar-refractivity contribution in [2.75, 3.05) is 32.7 Å². The summed E-state index contributed by atoms with van der Waals surface area (Å²) in [6.07, 6.45) is 4.30. The average Bonchev–Trinajstić information content (AvgIpc) is 2.85. The van der Waals surface area contributed by atoms with E-state index in [0.29, 0.717) is 18.1 Å². The summed E-state index contributed by atoms with van der Waals surface area (Å²) in [5.74, 6) is -0.687. The van der Waals surface area contributed by atoms with Gasteiger partial charge in [0.05, 0.1) is 23.3 Å². The number of carbonyl (C=O) groups excluding carboxylic acids is 1. The van der Waals surface area contributed by atoms with Gasteiger partial charge in [-0.25, -0.2) is 4.39 Å². The molecule has 1 fully saturated rings. The molecule has 0 unspecified atom stereocenters. The summed E-state index contributed by atoms with van der Waals surface area (Å²) in [6.45, 7) is 4.54. The monoisotopic (exact) mass is 350 g/mol. The first-order chi connectivity index (χ1) is 11.6. The number of rotatable bonds is 4. The molecule has 1 aliphatic heterocycles. The van der Waals surface area contributed by atoms with Crippen LogP contribution in [-0.4, -0.2) is 58.2 Å². The van der Waals surface area contributed by atoms with Crippen LogP contribution in [0.4, 0.5) is 4.39 Å². The summed E-state index contributed by atoms with van der Waals surface area (Å²) < 4.78 is 15.6. The third-order valence-corrected chi connectivity index (χ3v) is 4.42. The van der Waals surface area contributed by atoms with Crippen LogP contribution in [0.3, 0.4) is 0 Å². The van der Waals surface area contributed by atoms with E-state index in [2.05, 4.69) is 10.00 Å². The highest BCUT2D eigenvalue weighted by atomic mass is 35.5. The quantitative estimate of drug-likeness (QED) is 0.851. The number of nitrogens with zero attached hydrogens (tertiary/aromatic N) is 4. The molecule has 5 nitrogen and oxygen atoms in total. The van der Waals surface area contributed by atoms with Crippen molar-refractivity contribution in [1.29, 1.82) is 0 Å². The Bertz CT molecular complexity index is 705. The molecule has 1 aliphatic rings. The lowest BCUT2D eigenvalue weighted by molar-refractivity contribution is 0.0756. The number of hydrogen-bond acceptors (Lipinski definition) is 3. The molecule has 0 N–H and O–H groups in total. The van der Waals surface area contributed by atoms with Crippen LogP contribution in [0.15, 0.2) is 36.7 Å². The molecule has 0 radical (unpaired) electrons. The molecule has 1 aromatic heterocycles. The molecule has 7 heteroatoms. The highest BCUT2D eigenvalue weighted by molar-refractivity contribution is 6.30. The Labute approximate surface area is 145 Å². The van der Waals surface area contributed by atoms with E-state index in [1.807, 2.05) is 4.68 Å². The number of carbonyl (C=O) groups is 1. The van der Waals surface area contributed by atoms with E-state index in [1.54, 1.807) is 35.5 Å². The van der Waals surface area contributed by atoms with Crippen molar-refractivity contribution in [2.45, 2.75) is 13.0 Å². The molecule has 24 heavy (non-hydrogen) atoms. The van der Waals surface area contributed by atoms with E-state index >= 15 is 0 Å². The Morgan fingerprint density at radius 2 is 2.00 bits per heavy atom. The molecule has 1 saturated heterocycles. The number of amides is 1. The Kier molecular flexibility index (Phi) is 5.48. The fourth-order valence-corrected chi connectivity index (χ4v) is 3.06. The fraction of sp³-hybridized carbons (Fsp3) is 0.412. The van der Waals surface area contributed by atoms with Crippen LogP contribution in [0, 0.1) is 5.82 Å². The fourth-order valence-electron chi connectivity index (χ4n) is 2.91. The van der Waals surface area contributed by atoms with E-state index in [0.717, 1.165) is 32.6 Å². The minimum atomic E-state index is -0.459. The van der Waals surface area contributed by atoms with Crippen LogP contribution in [0.1, 0.15) is 16.8 Å². The molecular weight excluding hydrogens is 331 g/mol. The second-order valence-corrected chi connectivity index (χ2v) is 6.33. The van der Waals surface area contributed by atoms with Crippen molar-refractivity contribution < 1.29 is 9.18 Å². The first-order valence-corrected chi connectivity index (χ1v) is 8.45. The molecular formula is C17H20ClFN4O. The summed E-state index contributed by atoms with van der Waals surface area (Å²) in [7, 11) is 0. The lowest BCUT2D eigenvalue weighted by atomic mass is 10.2. The molecule has 0 saturated carbocycles. The standard InChI is InChI=1S/C17H20ClFN4O/c18-14-12-20-23(13-14)11-9-21-6-3-7-22(10-8-21)17(24)15-4-1-2-5-16(15)19/h1-2,4-5,12-13H,3,6-11H2. The first-order valence-electron chi connectivity index (χ1n) is 8.07. The van der Waals surface area contributed by atoms with Crippen LogP contribution in [0.5, 0.6) is 0 Å². The largest absolute Gasteiger partial charge is 0.337 e. The van der Waals surface area contributed by atoms with Gasteiger partial charge in [0.1, 0.15) is 5.82 Å². The first kappa shape index (κ1) is 16.9. The zero-order valence-electron chi connectivity index (χ0n) is 13.4. The molecule has 2 aromatic rings. The Morgan fingerprint density at radius 1 is 1.17 bits per heavy atom. The number of hydrogen-bond donors (Lipinski definition) is 0. The number of benzene rings is 1. The van der Waals surface area contributed by atoms with Crippen LogP contribution < -0.4 is 0 Å². The molecule has 2 heterocycles. The molecule has 0 atom stereocenters. The van der Waals surface area contributed by atoms with Gasteiger partial charge in [-0.15, -0.1) is 0 Å². The van der Waals surface area contributed by atoms with E-state index in [1.165, 1.54) is 6.07 Å². The molecule has 0 bridgehead atoms. The summed E-state index contributed by atoms with van der Waals surface area (Å²) in [4.78, 5) is 16.5. The maximum Gasteiger partial charge on any atom is 0.256 e. The summed E-state index contributed by atoms with van der Waals surface area (Å²) in [5, 5.41) is 4.80. The van der Waals surface area contributed by atoms with Gasteiger partial charge in [-0.3, -0.25) is 14.4 Å². The lowest BCUT2D eigenvalue weighted by Gasteiger charge is -2.22. The van der Waals surface area contributed by atoms with Crippen LogP contribution in [0.2, 0.25) is 5.02 Å². The van der Waals surface area contributed by atoms with Crippen molar-refractivity contribution in [3.8, 4) is 0 Å².